The van der Waals surface area contributed by atoms with Crippen LogP contribution in [-0.2, 0) is 11.1 Å². The Morgan fingerprint density at radius 2 is 0.782 bits per heavy atom. The first-order valence-electron chi connectivity index (χ1n) is 30.5. The Morgan fingerprint density at radius 1 is 0.437 bits per heavy atom. The molecule has 2 heterocycles. The van der Waals surface area contributed by atoms with E-state index in [1.807, 2.05) is 48.5 Å². The van der Waals surface area contributed by atoms with E-state index >= 15 is 0 Å². The number of halogens is 4. The number of anilines is 4. The van der Waals surface area contributed by atoms with Crippen LogP contribution in [-0.4, -0.2) is 79.5 Å². The number of carbonyl (C=O) groups is 1. The molecule has 0 saturated carbocycles. The minimum absolute atomic E-state index is 0. The molecule has 0 amide bonds. The predicted octanol–water partition coefficient (Wildman–Crippen LogP) is 17.3. The SMILES string of the molecule is CCN(CC)c1ccc(C(=C2C(c3ccccc3)=[N+](CC)c3ccccc32)c2ccc(N(CC)CC)cc2)cc1.CCN(CC)c1ccc(C(=O)c2ccc(N(CC)CC)cc2)cc1.CCn1c(-c2ccccc2)cc2ccccc21.O=P(Cl)(Cl)Cl.[Cl-]. The Bertz CT molecular complexity index is 3560. The number of para-hydroxylation sites is 2. The van der Waals surface area contributed by atoms with E-state index in [9.17, 15) is 9.36 Å². The average molecular weight is 1260 g/mol. The van der Waals surface area contributed by atoms with E-state index < -0.39 is 5.20 Å². The van der Waals surface area contributed by atoms with Gasteiger partial charge in [0.1, 0.15) is 6.54 Å². The number of nitrogens with zero attached hydrogens (tertiary/aromatic N) is 6. The molecule has 0 atom stereocenters. The summed E-state index contributed by atoms with van der Waals surface area (Å²) >= 11 is 13.8. The highest BCUT2D eigenvalue weighted by Crippen LogP contribution is 2.61. The van der Waals surface area contributed by atoms with Crippen LogP contribution in [0.15, 0.2) is 212 Å². The molecule has 10 rings (SSSR count). The molecule has 0 aliphatic carbocycles. The van der Waals surface area contributed by atoms with Gasteiger partial charge in [-0.1, -0.05) is 103 Å². The fraction of sp³-hybridized carbons (Fsp3) is 0.270. The van der Waals surface area contributed by atoms with Gasteiger partial charge in [-0.05, 0) is 223 Å². The Hall–Kier alpha value is -7.03. The smallest absolute Gasteiger partial charge is 0.339 e. The highest BCUT2D eigenvalue weighted by atomic mass is 36.0. The van der Waals surface area contributed by atoms with E-state index in [-0.39, 0.29) is 18.2 Å². The lowest BCUT2D eigenvalue weighted by molar-refractivity contribution is -0.431. The molecular weight excluding hydrogens is 1180 g/mol. The fourth-order valence-electron chi connectivity index (χ4n) is 11.5. The third-order valence-electron chi connectivity index (χ3n) is 15.9. The van der Waals surface area contributed by atoms with Crippen molar-refractivity contribution in [3.63, 3.8) is 0 Å². The maximum Gasteiger partial charge on any atom is 0.339 e. The molecule has 0 unspecified atom stereocenters. The van der Waals surface area contributed by atoms with Crippen LogP contribution in [0.3, 0.4) is 0 Å². The van der Waals surface area contributed by atoms with Crippen molar-refractivity contribution < 1.29 is 26.3 Å². The van der Waals surface area contributed by atoms with Crippen molar-refractivity contribution >= 4 is 101 Å². The van der Waals surface area contributed by atoms with Crippen molar-refractivity contribution in [3.05, 3.63) is 246 Å². The van der Waals surface area contributed by atoms with E-state index in [4.69, 9.17) is 0 Å². The van der Waals surface area contributed by atoms with Gasteiger partial charge in [-0.15, -0.1) is 0 Å². The van der Waals surface area contributed by atoms with Crippen molar-refractivity contribution in [3.8, 4) is 11.3 Å². The van der Waals surface area contributed by atoms with Crippen molar-refractivity contribution in [1.82, 2.24) is 4.57 Å². The summed E-state index contributed by atoms with van der Waals surface area (Å²) in [6.45, 7) is 31.7. The molecule has 0 spiro atoms. The van der Waals surface area contributed by atoms with Gasteiger partial charge < -0.3 is 36.6 Å². The quantitative estimate of drug-likeness (QED) is 0.0431. The summed E-state index contributed by atoms with van der Waals surface area (Å²) in [7, 11) is 0. The summed E-state index contributed by atoms with van der Waals surface area (Å²) < 4.78 is 14.4. The maximum absolute atomic E-state index is 12.7. The number of benzene rings is 8. The molecule has 8 aromatic carbocycles. The first-order valence-corrected chi connectivity index (χ1v) is 34.9. The topological polar surface area (TPSA) is 55.0 Å². The van der Waals surface area contributed by atoms with Crippen molar-refractivity contribution in [1.29, 1.82) is 0 Å². The van der Waals surface area contributed by atoms with Gasteiger partial charge in [0.2, 0.25) is 11.4 Å². The minimum atomic E-state index is -3.22. The second-order valence-electron chi connectivity index (χ2n) is 20.5. The van der Waals surface area contributed by atoms with Crippen molar-refractivity contribution in [2.24, 2.45) is 0 Å². The first kappa shape index (κ1) is 69.1. The maximum atomic E-state index is 12.7. The lowest BCUT2D eigenvalue weighted by atomic mass is 9.86. The van der Waals surface area contributed by atoms with Gasteiger partial charge in [0.25, 0.3) is 0 Å². The van der Waals surface area contributed by atoms with E-state index in [2.05, 4.69) is 295 Å². The molecule has 13 heteroatoms. The van der Waals surface area contributed by atoms with E-state index in [1.165, 1.54) is 78.3 Å². The molecule has 9 aromatic rings. The molecule has 87 heavy (non-hydrogen) atoms. The van der Waals surface area contributed by atoms with E-state index in [0.29, 0.717) is 0 Å². The van der Waals surface area contributed by atoms with E-state index in [0.717, 1.165) is 87.9 Å². The van der Waals surface area contributed by atoms with Crippen LogP contribution in [0, 0.1) is 0 Å². The van der Waals surface area contributed by atoms with Crippen LogP contribution in [0.25, 0.3) is 33.3 Å². The van der Waals surface area contributed by atoms with Gasteiger partial charge in [-0.2, -0.15) is 4.58 Å². The van der Waals surface area contributed by atoms with Crippen molar-refractivity contribution in [2.45, 2.75) is 75.8 Å². The number of allylic oxidation sites excluding steroid dienone is 1. The van der Waals surface area contributed by atoms with Gasteiger partial charge in [0.15, 0.2) is 5.78 Å². The number of fused-ring (bicyclic) bond motifs is 2. The zero-order valence-corrected chi connectivity index (χ0v) is 56.2. The fourth-order valence-corrected chi connectivity index (χ4v) is 11.5. The highest BCUT2D eigenvalue weighted by Gasteiger charge is 2.37. The number of carbonyl (C=O) groups excluding carboxylic acids is 1. The number of aryl methyl sites for hydroxylation is 1. The number of ketones is 1. The molecule has 1 aliphatic heterocycles. The molecule has 0 bridgehead atoms. The lowest BCUT2D eigenvalue weighted by Gasteiger charge is -2.23. The summed E-state index contributed by atoms with van der Waals surface area (Å²) in [6.07, 6.45) is 0. The second-order valence-corrected chi connectivity index (χ2v) is 27.2. The molecule has 8 nitrogen and oxygen atoms in total. The number of rotatable bonds is 20. The number of hydrogen-bond donors (Lipinski definition) is 0. The van der Waals surface area contributed by atoms with E-state index in [1.54, 1.807) is 0 Å². The lowest BCUT2D eigenvalue weighted by Crippen LogP contribution is -3.00. The zero-order chi connectivity index (χ0) is 61.8. The van der Waals surface area contributed by atoms with Gasteiger partial charge in [0.05, 0.1) is 11.1 Å². The summed E-state index contributed by atoms with van der Waals surface area (Å²) in [4.78, 5) is 22.0. The number of hydrogen-bond acceptors (Lipinski definition) is 6. The van der Waals surface area contributed by atoms with Crippen LogP contribution in [0.4, 0.5) is 28.4 Å². The third-order valence-corrected chi connectivity index (χ3v) is 15.9. The molecular formula is C74H85Cl4N6O2P. The summed E-state index contributed by atoms with van der Waals surface area (Å²) in [5, 5.41) is -1.91. The first-order chi connectivity index (χ1) is 41.7. The predicted molar refractivity (Wildman–Crippen MR) is 375 cm³/mol. The summed E-state index contributed by atoms with van der Waals surface area (Å²) in [5.74, 6) is 0.0761. The Labute approximate surface area is 539 Å². The van der Waals surface area contributed by atoms with Crippen LogP contribution in [0.2, 0.25) is 0 Å². The molecule has 456 valence electrons. The summed E-state index contributed by atoms with van der Waals surface area (Å²) in [6, 6.07) is 75.4. The standard InChI is InChI=1S/C37H42N3.C21H28N2O.C16H15N.Cl3OP.ClH/c1-6-38(7-2)31-24-20-28(21-25-31)35(29-22-26-32(27-23-29)39(8-3)9-4)36-33-18-14-15-19-34(33)40(10-5)37(36)30-16-12-11-13-17-30;1-5-22(6-2)19-13-9-17(10-14-19)21(24)18-11-15-20(16-12-18)23(7-3)8-4;1-2-17-15-11-7-6-10-14(15)12-16(17)13-8-4-3-5-9-13;1-5(2,3)4;/h11-27H,6-10H2,1-5H3;9-16H,5-8H2,1-4H3;3-12H,2H2,1H3;;1H/q+1;;;;/p-1. The molecule has 0 radical (unpaired) electrons. The molecule has 1 aliphatic rings. The minimum Gasteiger partial charge on any atom is -1.00 e. The largest absolute Gasteiger partial charge is 1.00 e. The van der Waals surface area contributed by atoms with Gasteiger partial charge >= 0.3 is 5.20 Å². The summed E-state index contributed by atoms with van der Waals surface area (Å²) in [5.41, 5.74) is 20.4. The second kappa shape index (κ2) is 33.9. The van der Waals surface area contributed by atoms with Crippen molar-refractivity contribution in [2.75, 3.05) is 78.5 Å². The Balaban J connectivity index is 0.000000217. The Kier molecular flexibility index (Phi) is 26.9. The normalized spacial score (nSPS) is 11.4. The highest BCUT2D eigenvalue weighted by molar-refractivity contribution is 8.24. The molecule has 0 N–H and O–H groups in total. The van der Waals surface area contributed by atoms with Crippen LogP contribution >= 0.6 is 38.9 Å². The van der Waals surface area contributed by atoms with Crippen LogP contribution in [0.5, 0.6) is 0 Å². The Morgan fingerprint density at radius 3 is 1.16 bits per heavy atom. The zero-order valence-electron chi connectivity index (χ0n) is 52.2. The number of aromatic nitrogens is 1. The van der Waals surface area contributed by atoms with Gasteiger partial charge in [-0.25, -0.2) is 0 Å². The monoisotopic (exact) mass is 1260 g/mol. The molecule has 1 aromatic heterocycles. The van der Waals surface area contributed by atoms with Crippen LogP contribution in [0.1, 0.15) is 107 Å². The van der Waals surface area contributed by atoms with Gasteiger partial charge in [-0.3, -0.25) is 9.36 Å². The molecule has 0 saturated heterocycles. The average Bonchev–Trinajstić information content (AvgIpc) is 1.68. The van der Waals surface area contributed by atoms with Gasteiger partial charge in [0, 0.05) is 127 Å². The third kappa shape index (κ3) is 17.6. The molecule has 0 fully saturated rings. The van der Waals surface area contributed by atoms with Crippen LogP contribution < -0.4 is 32.0 Å².